The van der Waals surface area contributed by atoms with Gasteiger partial charge in [-0.15, -0.1) is 0 Å². The average Bonchev–Trinajstić information content (AvgIpc) is 2.60. The normalized spacial score (nSPS) is 10.5. The molecule has 0 radical (unpaired) electrons. The maximum Gasteiger partial charge on any atom is 0.222 e. The zero-order valence-electron chi connectivity index (χ0n) is 14.3. The second-order valence-corrected chi connectivity index (χ2v) is 6.66. The summed E-state index contributed by atoms with van der Waals surface area (Å²) in [6.07, 6.45) is 2.20. The van der Waals surface area contributed by atoms with E-state index >= 15 is 0 Å². The zero-order valence-corrected chi connectivity index (χ0v) is 15.9. The van der Waals surface area contributed by atoms with E-state index in [1.54, 1.807) is 4.90 Å². The summed E-state index contributed by atoms with van der Waals surface area (Å²) in [5.74, 6) is 0.972. The fourth-order valence-corrected chi connectivity index (χ4v) is 2.96. The van der Waals surface area contributed by atoms with Gasteiger partial charge in [-0.1, -0.05) is 43.3 Å². The smallest absolute Gasteiger partial charge is 0.222 e. The number of amides is 1. The van der Waals surface area contributed by atoms with E-state index < -0.39 is 0 Å². The van der Waals surface area contributed by atoms with Crippen LogP contribution in [-0.2, 0) is 17.8 Å². The first kappa shape index (κ1) is 18.5. The number of carbonyl (C=O) groups excluding carboxylic acids is 1. The van der Waals surface area contributed by atoms with E-state index in [0.717, 1.165) is 22.2 Å². The quantitative estimate of drug-likeness (QED) is 0.605. The molecule has 1 amide bonds. The minimum Gasteiger partial charge on any atom is -0.492 e. The first-order valence-electron chi connectivity index (χ1n) is 8.29. The summed E-state index contributed by atoms with van der Waals surface area (Å²) in [5, 5.41) is 0. The first-order valence-corrected chi connectivity index (χ1v) is 9.08. The van der Waals surface area contributed by atoms with Gasteiger partial charge in [0.05, 0.1) is 11.1 Å². The Balaban J connectivity index is 1.72. The number of rotatable bonds is 8. The molecule has 0 unspecified atom stereocenters. The van der Waals surface area contributed by atoms with Gasteiger partial charge < -0.3 is 9.64 Å². The molecule has 0 fully saturated rings. The lowest BCUT2D eigenvalue weighted by Crippen LogP contribution is -2.26. The Morgan fingerprint density at radius 3 is 2.54 bits per heavy atom. The molecule has 0 N–H and O–H groups in total. The highest BCUT2D eigenvalue weighted by molar-refractivity contribution is 9.10. The summed E-state index contributed by atoms with van der Waals surface area (Å²) in [7, 11) is 1.84. The second-order valence-electron chi connectivity index (χ2n) is 5.81. The molecule has 4 heteroatoms. The summed E-state index contributed by atoms with van der Waals surface area (Å²) in [6, 6.07) is 16.1. The Bertz CT molecular complexity index is 658. The Hall–Kier alpha value is -1.81. The lowest BCUT2D eigenvalue weighted by molar-refractivity contribution is -0.130. The van der Waals surface area contributed by atoms with Crippen molar-refractivity contribution >= 4 is 21.8 Å². The van der Waals surface area contributed by atoms with Crippen molar-refractivity contribution in [3.8, 4) is 5.75 Å². The highest BCUT2D eigenvalue weighted by Gasteiger charge is 2.09. The number of hydrogen-bond donors (Lipinski definition) is 0. The molecule has 0 saturated carbocycles. The molecule has 2 aromatic carbocycles. The fraction of sp³-hybridized carbons (Fsp3) is 0.350. The van der Waals surface area contributed by atoms with E-state index in [4.69, 9.17) is 4.74 Å². The van der Waals surface area contributed by atoms with Crippen LogP contribution in [0.5, 0.6) is 5.75 Å². The number of ether oxygens (including phenoxy) is 1. The summed E-state index contributed by atoms with van der Waals surface area (Å²) < 4.78 is 6.73. The van der Waals surface area contributed by atoms with Crippen LogP contribution in [0, 0.1) is 0 Å². The van der Waals surface area contributed by atoms with Crippen molar-refractivity contribution in [1.82, 2.24) is 4.90 Å². The maximum atomic E-state index is 12.2. The Morgan fingerprint density at radius 2 is 1.88 bits per heavy atom. The van der Waals surface area contributed by atoms with Crippen molar-refractivity contribution in [3.63, 3.8) is 0 Å². The Labute approximate surface area is 152 Å². The number of aryl methyl sites for hydroxylation is 1. The predicted octanol–water partition coefficient (Wildman–Crippen LogP) is 4.83. The molecule has 128 valence electrons. The first-order chi connectivity index (χ1) is 11.6. The number of halogens is 1. The molecule has 0 spiro atoms. The second kappa shape index (κ2) is 9.48. The molecule has 2 rings (SSSR count). The molecule has 0 aliphatic carbocycles. The summed E-state index contributed by atoms with van der Waals surface area (Å²) >= 11 is 3.53. The Morgan fingerprint density at radius 1 is 1.12 bits per heavy atom. The van der Waals surface area contributed by atoms with Crippen LogP contribution < -0.4 is 4.74 Å². The van der Waals surface area contributed by atoms with Crippen molar-refractivity contribution in [2.75, 3.05) is 13.7 Å². The van der Waals surface area contributed by atoms with Crippen LogP contribution in [0.4, 0.5) is 0 Å². The molecule has 3 nitrogen and oxygen atoms in total. The van der Waals surface area contributed by atoms with Gasteiger partial charge in [0.25, 0.3) is 0 Å². The van der Waals surface area contributed by atoms with E-state index in [9.17, 15) is 4.79 Å². The van der Waals surface area contributed by atoms with Crippen molar-refractivity contribution in [2.24, 2.45) is 0 Å². The van der Waals surface area contributed by atoms with Gasteiger partial charge >= 0.3 is 0 Å². The molecule has 0 heterocycles. The van der Waals surface area contributed by atoms with Crippen LogP contribution in [0.15, 0.2) is 53.0 Å². The molecule has 2 aromatic rings. The third-order valence-corrected chi connectivity index (χ3v) is 4.51. The van der Waals surface area contributed by atoms with Crippen LogP contribution in [0.1, 0.15) is 30.9 Å². The number of nitrogens with zero attached hydrogens (tertiary/aromatic N) is 1. The molecular formula is C20H24BrNO2. The van der Waals surface area contributed by atoms with Crippen molar-refractivity contribution < 1.29 is 9.53 Å². The molecular weight excluding hydrogens is 366 g/mol. The standard InChI is InChI=1S/C20H24BrNO2/c1-3-16-11-12-19(18(21)14-16)24-13-7-10-20(23)22(2)15-17-8-5-4-6-9-17/h4-6,8-9,11-12,14H,3,7,10,13,15H2,1-2H3. The highest BCUT2D eigenvalue weighted by Crippen LogP contribution is 2.26. The topological polar surface area (TPSA) is 29.5 Å². The van der Waals surface area contributed by atoms with Gasteiger partial charge in [0.1, 0.15) is 5.75 Å². The molecule has 0 aliphatic rings. The van der Waals surface area contributed by atoms with Gasteiger partial charge in [0.2, 0.25) is 5.91 Å². The SMILES string of the molecule is CCc1ccc(OCCCC(=O)N(C)Cc2ccccc2)c(Br)c1. The molecule has 24 heavy (non-hydrogen) atoms. The van der Waals surface area contributed by atoms with Gasteiger partial charge in [-0.3, -0.25) is 4.79 Å². The van der Waals surface area contributed by atoms with Crippen LogP contribution in [0.25, 0.3) is 0 Å². The van der Waals surface area contributed by atoms with Crippen LogP contribution in [-0.4, -0.2) is 24.5 Å². The van der Waals surface area contributed by atoms with E-state index in [-0.39, 0.29) is 5.91 Å². The van der Waals surface area contributed by atoms with Crippen molar-refractivity contribution in [3.05, 3.63) is 64.1 Å². The van der Waals surface area contributed by atoms with Crippen molar-refractivity contribution in [2.45, 2.75) is 32.7 Å². The predicted molar refractivity (Wildman–Crippen MR) is 101 cm³/mol. The van der Waals surface area contributed by atoms with Crippen LogP contribution in [0.3, 0.4) is 0 Å². The van der Waals surface area contributed by atoms with Gasteiger partial charge in [-0.2, -0.15) is 0 Å². The minimum absolute atomic E-state index is 0.142. The molecule has 0 aromatic heterocycles. The van der Waals surface area contributed by atoms with E-state index in [1.165, 1.54) is 5.56 Å². The van der Waals surface area contributed by atoms with Crippen LogP contribution >= 0.6 is 15.9 Å². The van der Waals surface area contributed by atoms with Crippen molar-refractivity contribution in [1.29, 1.82) is 0 Å². The molecule has 0 aliphatic heterocycles. The van der Waals surface area contributed by atoms with Gasteiger partial charge in [-0.25, -0.2) is 0 Å². The number of carbonyl (C=O) groups is 1. The largest absolute Gasteiger partial charge is 0.492 e. The highest BCUT2D eigenvalue weighted by atomic mass is 79.9. The summed E-state index contributed by atoms with van der Waals surface area (Å²) in [5.41, 5.74) is 2.41. The third-order valence-electron chi connectivity index (χ3n) is 3.89. The van der Waals surface area contributed by atoms with E-state index in [2.05, 4.69) is 35.0 Å². The number of hydrogen-bond acceptors (Lipinski definition) is 2. The van der Waals surface area contributed by atoms with E-state index in [0.29, 0.717) is 26.0 Å². The van der Waals surface area contributed by atoms with E-state index in [1.807, 2.05) is 43.4 Å². The molecule has 0 saturated heterocycles. The minimum atomic E-state index is 0.142. The maximum absolute atomic E-state index is 12.2. The molecule has 0 atom stereocenters. The number of benzene rings is 2. The zero-order chi connectivity index (χ0) is 17.4. The summed E-state index contributed by atoms with van der Waals surface area (Å²) in [4.78, 5) is 13.9. The average molecular weight is 390 g/mol. The van der Waals surface area contributed by atoms with Crippen LogP contribution in [0.2, 0.25) is 0 Å². The van der Waals surface area contributed by atoms with Gasteiger partial charge in [0.15, 0.2) is 0 Å². The van der Waals surface area contributed by atoms with Gasteiger partial charge in [0, 0.05) is 20.0 Å². The summed E-state index contributed by atoms with van der Waals surface area (Å²) in [6.45, 7) is 3.30. The lowest BCUT2D eigenvalue weighted by atomic mass is 10.2. The third kappa shape index (κ3) is 5.68. The fourth-order valence-electron chi connectivity index (χ4n) is 2.42. The molecule has 0 bridgehead atoms. The Kier molecular flexibility index (Phi) is 7.32. The monoisotopic (exact) mass is 389 g/mol. The van der Waals surface area contributed by atoms with Gasteiger partial charge in [-0.05, 0) is 52.0 Å². The lowest BCUT2D eigenvalue weighted by Gasteiger charge is -2.17.